The van der Waals surface area contributed by atoms with Crippen molar-refractivity contribution in [1.82, 2.24) is 4.31 Å². The van der Waals surface area contributed by atoms with Crippen molar-refractivity contribution in [3.05, 3.63) is 42.0 Å². The lowest BCUT2D eigenvalue weighted by atomic mass is 10.2. The molecule has 0 aromatic heterocycles. The summed E-state index contributed by atoms with van der Waals surface area (Å²) >= 11 is 0. The van der Waals surface area contributed by atoms with Crippen molar-refractivity contribution in [2.24, 2.45) is 0 Å². The lowest BCUT2D eigenvalue weighted by Gasteiger charge is -2.21. The van der Waals surface area contributed by atoms with Gasteiger partial charge in [0.05, 0.1) is 4.90 Å². The minimum absolute atomic E-state index is 0.304. The van der Waals surface area contributed by atoms with Crippen LogP contribution in [0, 0.1) is 6.92 Å². The Balaban J connectivity index is 2.90. The Morgan fingerprint density at radius 3 is 2.25 bits per heavy atom. The van der Waals surface area contributed by atoms with E-state index in [2.05, 4.69) is 25.7 Å². The van der Waals surface area contributed by atoms with Gasteiger partial charge >= 0.3 is 0 Å². The highest BCUT2D eigenvalue weighted by molar-refractivity contribution is 7.89. The van der Waals surface area contributed by atoms with Gasteiger partial charge in [0.1, 0.15) is 6.29 Å². The fourth-order valence-electron chi connectivity index (χ4n) is 2.15. The molecular formula is C18H29NO3SSi. The summed E-state index contributed by atoms with van der Waals surface area (Å²) in [5.74, 6) is 0. The zero-order valence-corrected chi connectivity index (χ0v) is 17.0. The van der Waals surface area contributed by atoms with E-state index in [9.17, 15) is 13.2 Å². The van der Waals surface area contributed by atoms with Crippen LogP contribution in [0.4, 0.5) is 0 Å². The molecule has 134 valence electrons. The van der Waals surface area contributed by atoms with Crippen LogP contribution in [-0.4, -0.2) is 40.2 Å². The van der Waals surface area contributed by atoms with Gasteiger partial charge < -0.3 is 4.79 Å². The second-order valence-electron chi connectivity index (χ2n) is 7.22. The molecule has 1 aromatic rings. The molecule has 0 unspecified atom stereocenters. The topological polar surface area (TPSA) is 54.5 Å². The molecule has 1 aromatic carbocycles. The predicted molar refractivity (Wildman–Crippen MR) is 103 cm³/mol. The number of nitrogens with zero attached hydrogens (tertiary/aromatic N) is 1. The summed E-state index contributed by atoms with van der Waals surface area (Å²) in [6.45, 7) is 9.47. The molecule has 0 spiro atoms. The third kappa shape index (κ3) is 7.11. The van der Waals surface area contributed by atoms with E-state index < -0.39 is 18.1 Å². The van der Waals surface area contributed by atoms with Gasteiger partial charge in [-0.3, -0.25) is 0 Å². The molecule has 0 atom stereocenters. The lowest BCUT2D eigenvalue weighted by Crippen LogP contribution is -2.32. The van der Waals surface area contributed by atoms with Gasteiger partial charge in [0.25, 0.3) is 0 Å². The van der Waals surface area contributed by atoms with E-state index in [0.717, 1.165) is 17.9 Å². The maximum atomic E-state index is 12.8. The number of aryl methyl sites for hydroxylation is 1. The van der Waals surface area contributed by atoms with Crippen molar-refractivity contribution in [2.45, 2.75) is 50.3 Å². The van der Waals surface area contributed by atoms with Gasteiger partial charge in [-0.25, -0.2) is 8.42 Å². The number of carbonyl (C=O) groups excluding carboxylic acids is 1. The third-order valence-electron chi connectivity index (χ3n) is 3.59. The smallest absolute Gasteiger partial charge is 0.243 e. The van der Waals surface area contributed by atoms with E-state index in [1.54, 1.807) is 24.3 Å². The van der Waals surface area contributed by atoms with Crippen molar-refractivity contribution in [2.75, 3.05) is 13.1 Å². The zero-order valence-electron chi connectivity index (χ0n) is 15.2. The Morgan fingerprint density at radius 2 is 1.71 bits per heavy atom. The Kier molecular flexibility index (Phi) is 8.06. The minimum atomic E-state index is -3.54. The maximum Gasteiger partial charge on any atom is 0.243 e. The van der Waals surface area contributed by atoms with Crippen molar-refractivity contribution < 1.29 is 13.2 Å². The van der Waals surface area contributed by atoms with Crippen LogP contribution in [-0.2, 0) is 14.8 Å². The van der Waals surface area contributed by atoms with E-state index in [0.29, 0.717) is 30.8 Å². The Bertz CT molecular complexity index is 646. The molecule has 0 N–H and O–H groups in total. The largest absolute Gasteiger partial charge is 0.303 e. The van der Waals surface area contributed by atoms with Crippen LogP contribution in [0.2, 0.25) is 25.7 Å². The van der Waals surface area contributed by atoms with Crippen LogP contribution >= 0.6 is 0 Å². The predicted octanol–water partition coefficient (Wildman–Crippen LogP) is 3.86. The molecule has 0 fully saturated rings. The fourth-order valence-corrected chi connectivity index (χ4v) is 4.45. The number of allylic oxidation sites excluding steroid dienone is 1. The molecule has 0 saturated heterocycles. The van der Waals surface area contributed by atoms with Crippen molar-refractivity contribution in [3.8, 4) is 0 Å². The van der Waals surface area contributed by atoms with Gasteiger partial charge in [-0.1, -0.05) is 49.5 Å². The van der Waals surface area contributed by atoms with E-state index in [4.69, 9.17) is 0 Å². The molecule has 0 radical (unpaired) electrons. The van der Waals surface area contributed by atoms with Gasteiger partial charge in [-0.05, 0) is 31.5 Å². The van der Waals surface area contributed by atoms with Gasteiger partial charge in [0.2, 0.25) is 10.0 Å². The molecule has 0 heterocycles. The van der Waals surface area contributed by atoms with E-state index in [1.807, 2.05) is 13.0 Å². The summed E-state index contributed by atoms with van der Waals surface area (Å²) in [4.78, 5) is 10.8. The van der Waals surface area contributed by atoms with Crippen LogP contribution in [0.25, 0.3) is 0 Å². The number of aldehydes is 1. The molecule has 0 amide bonds. The summed E-state index contributed by atoms with van der Waals surface area (Å²) in [5.41, 5.74) is 1.02. The molecule has 0 bridgehead atoms. The summed E-state index contributed by atoms with van der Waals surface area (Å²) in [7, 11) is -4.71. The number of sulfonamides is 1. The van der Waals surface area contributed by atoms with E-state index in [1.165, 1.54) is 4.31 Å². The Morgan fingerprint density at radius 1 is 1.08 bits per heavy atom. The number of hydrogen-bond donors (Lipinski definition) is 0. The average Bonchev–Trinajstić information content (AvgIpc) is 2.49. The second kappa shape index (κ2) is 9.29. The summed E-state index contributed by atoms with van der Waals surface area (Å²) in [6.07, 6.45) is 5.77. The van der Waals surface area contributed by atoms with Crippen LogP contribution in [0.5, 0.6) is 0 Å². The van der Waals surface area contributed by atoms with Crippen LogP contribution in [0.1, 0.15) is 18.4 Å². The molecule has 0 saturated carbocycles. The number of benzene rings is 1. The van der Waals surface area contributed by atoms with Crippen LogP contribution in [0.3, 0.4) is 0 Å². The quantitative estimate of drug-likeness (QED) is 0.273. The summed E-state index contributed by atoms with van der Waals surface area (Å²) < 4.78 is 27.1. The number of unbranched alkanes of at least 4 members (excludes halogenated alkanes) is 1. The number of rotatable bonds is 10. The monoisotopic (exact) mass is 367 g/mol. The van der Waals surface area contributed by atoms with E-state index >= 15 is 0 Å². The van der Waals surface area contributed by atoms with Crippen molar-refractivity contribution >= 4 is 24.4 Å². The Labute approximate surface area is 147 Å². The standard InChI is InChI=1S/C18H29NO3SSi/c1-17-9-11-18(12-10-17)23(21,22)19(13-5-7-15-20)14-6-8-16-24(2,3)4/h6,8-12,15H,5,7,13-14,16H2,1-4H3/b8-6-. The molecule has 0 aliphatic rings. The first-order valence-corrected chi connectivity index (χ1v) is 13.5. The van der Waals surface area contributed by atoms with E-state index in [-0.39, 0.29) is 0 Å². The first-order chi connectivity index (χ1) is 11.2. The molecule has 0 aliphatic heterocycles. The zero-order chi connectivity index (χ0) is 18.2. The molecular weight excluding hydrogens is 338 g/mol. The Hall–Kier alpha value is -1.24. The minimum Gasteiger partial charge on any atom is -0.303 e. The molecule has 4 nitrogen and oxygen atoms in total. The van der Waals surface area contributed by atoms with Gasteiger partial charge in [-0.15, -0.1) is 0 Å². The number of hydrogen-bond acceptors (Lipinski definition) is 3. The first-order valence-electron chi connectivity index (χ1n) is 8.32. The number of carbonyl (C=O) groups is 1. The molecule has 1 rings (SSSR count). The maximum absolute atomic E-state index is 12.8. The van der Waals surface area contributed by atoms with Crippen molar-refractivity contribution in [3.63, 3.8) is 0 Å². The highest BCUT2D eigenvalue weighted by Crippen LogP contribution is 2.17. The third-order valence-corrected chi connectivity index (χ3v) is 6.93. The van der Waals surface area contributed by atoms with Crippen molar-refractivity contribution in [1.29, 1.82) is 0 Å². The van der Waals surface area contributed by atoms with Gasteiger partial charge in [0.15, 0.2) is 0 Å². The fraction of sp³-hybridized carbons (Fsp3) is 0.500. The molecule has 24 heavy (non-hydrogen) atoms. The average molecular weight is 368 g/mol. The second-order valence-corrected chi connectivity index (χ2v) is 14.7. The van der Waals surface area contributed by atoms with Gasteiger partial charge in [-0.2, -0.15) is 4.31 Å². The first kappa shape index (κ1) is 20.8. The summed E-state index contributed by atoms with van der Waals surface area (Å²) in [6, 6.07) is 7.92. The summed E-state index contributed by atoms with van der Waals surface area (Å²) in [5, 5.41) is 0. The van der Waals surface area contributed by atoms with Crippen LogP contribution < -0.4 is 0 Å². The molecule has 0 aliphatic carbocycles. The van der Waals surface area contributed by atoms with Crippen LogP contribution in [0.15, 0.2) is 41.3 Å². The van der Waals surface area contributed by atoms with Gasteiger partial charge in [0, 0.05) is 27.6 Å². The molecule has 6 heteroatoms. The highest BCUT2D eigenvalue weighted by atomic mass is 32.2. The lowest BCUT2D eigenvalue weighted by molar-refractivity contribution is -0.107. The highest BCUT2D eigenvalue weighted by Gasteiger charge is 2.23. The normalized spacial score (nSPS) is 12.9. The SMILES string of the molecule is Cc1ccc(S(=O)(=O)N(C/C=C\C[Si](C)(C)C)CCCC=O)cc1.